The van der Waals surface area contributed by atoms with Crippen molar-refractivity contribution in [3.63, 3.8) is 0 Å². The summed E-state index contributed by atoms with van der Waals surface area (Å²) in [5.74, 6) is -0.145. The lowest BCUT2D eigenvalue weighted by Gasteiger charge is -2.28. The summed E-state index contributed by atoms with van der Waals surface area (Å²) in [6.45, 7) is 3.13. The molecule has 1 aliphatic rings. The number of aromatic nitrogens is 1. The highest BCUT2D eigenvalue weighted by atomic mass is 16.6. The van der Waals surface area contributed by atoms with Crippen LogP contribution < -0.4 is 5.32 Å². The van der Waals surface area contributed by atoms with Crippen molar-refractivity contribution in [2.75, 3.05) is 20.2 Å². The minimum atomic E-state index is -0.321. The number of pyridine rings is 1. The molecular weight excluding hydrogens is 246 g/mol. The topological polar surface area (TPSA) is 71.5 Å². The van der Waals surface area contributed by atoms with Crippen LogP contribution in [0.25, 0.3) is 0 Å². The van der Waals surface area contributed by atoms with Crippen LogP contribution in [-0.2, 0) is 17.7 Å². The number of carbonyl (C=O) groups excluding carboxylic acids is 2. The van der Waals surface area contributed by atoms with E-state index in [1.54, 1.807) is 31.3 Å². The molecule has 0 aromatic carbocycles. The van der Waals surface area contributed by atoms with Gasteiger partial charge in [-0.15, -0.1) is 0 Å². The van der Waals surface area contributed by atoms with E-state index in [1.807, 2.05) is 0 Å². The molecule has 6 nitrogen and oxygen atoms in total. The molecule has 0 saturated heterocycles. The Morgan fingerprint density at radius 3 is 2.95 bits per heavy atom. The predicted molar refractivity (Wildman–Crippen MR) is 68.8 cm³/mol. The minimum absolute atomic E-state index is 0.145. The van der Waals surface area contributed by atoms with Gasteiger partial charge in [-0.3, -0.25) is 9.78 Å². The number of nitrogens with zero attached hydrogens (tertiary/aromatic N) is 2. The zero-order valence-electron chi connectivity index (χ0n) is 11.1. The van der Waals surface area contributed by atoms with Crippen LogP contribution >= 0.6 is 0 Å². The molecule has 0 saturated carbocycles. The van der Waals surface area contributed by atoms with Crippen LogP contribution in [0.4, 0.5) is 4.79 Å². The molecular formula is C13H17N3O3. The second-order valence-corrected chi connectivity index (χ2v) is 4.27. The van der Waals surface area contributed by atoms with Crippen molar-refractivity contribution in [2.45, 2.75) is 19.9 Å². The van der Waals surface area contributed by atoms with Crippen LogP contribution in [0.3, 0.4) is 0 Å². The lowest BCUT2D eigenvalue weighted by atomic mass is 9.97. The number of nitrogens with one attached hydrogen (secondary N) is 1. The minimum Gasteiger partial charge on any atom is -0.450 e. The molecule has 1 aromatic rings. The zero-order chi connectivity index (χ0) is 13.8. The van der Waals surface area contributed by atoms with Crippen LogP contribution in [-0.4, -0.2) is 42.1 Å². The first kappa shape index (κ1) is 13.3. The van der Waals surface area contributed by atoms with Crippen LogP contribution in [0.15, 0.2) is 12.4 Å². The maximum Gasteiger partial charge on any atom is 0.410 e. The predicted octanol–water partition coefficient (Wildman–Crippen LogP) is 0.956. The summed E-state index contributed by atoms with van der Waals surface area (Å²) in [7, 11) is 1.59. The van der Waals surface area contributed by atoms with Crippen molar-refractivity contribution in [3.05, 3.63) is 29.1 Å². The molecule has 0 aliphatic carbocycles. The highest BCUT2D eigenvalue weighted by molar-refractivity contribution is 5.95. The Kier molecular flexibility index (Phi) is 3.99. The molecule has 102 valence electrons. The summed E-state index contributed by atoms with van der Waals surface area (Å²) < 4.78 is 4.98. The van der Waals surface area contributed by atoms with Crippen molar-refractivity contribution in [3.8, 4) is 0 Å². The first-order chi connectivity index (χ1) is 9.17. The van der Waals surface area contributed by atoms with Crippen LogP contribution in [0, 0.1) is 0 Å². The number of hydrogen-bond acceptors (Lipinski definition) is 4. The second kappa shape index (κ2) is 5.69. The Morgan fingerprint density at radius 2 is 2.26 bits per heavy atom. The molecule has 0 fully saturated rings. The third-order valence-electron chi connectivity index (χ3n) is 3.14. The third-order valence-corrected chi connectivity index (χ3v) is 3.14. The van der Waals surface area contributed by atoms with Gasteiger partial charge in [-0.25, -0.2) is 4.79 Å². The summed E-state index contributed by atoms with van der Waals surface area (Å²) in [6.07, 6.45) is 3.59. The smallest absolute Gasteiger partial charge is 0.410 e. The summed E-state index contributed by atoms with van der Waals surface area (Å²) in [5, 5.41) is 2.60. The van der Waals surface area contributed by atoms with E-state index in [9.17, 15) is 9.59 Å². The first-order valence-corrected chi connectivity index (χ1v) is 6.27. The van der Waals surface area contributed by atoms with E-state index >= 15 is 0 Å². The fraction of sp³-hybridized carbons (Fsp3) is 0.462. The zero-order valence-corrected chi connectivity index (χ0v) is 11.1. The molecule has 2 rings (SSSR count). The molecule has 2 heterocycles. The van der Waals surface area contributed by atoms with Gasteiger partial charge in [0.1, 0.15) is 0 Å². The average molecular weight is 263 g/mol. The summed E-state index contributed by atoms with van der Waals surface area (Å²) in [5.41, 5.74) is 2.46. The Labute approximate surface area is 111 Å². The monoisotopic (exact) mass is 263 g/mol. The standard InChI is InChI=1S/C13H17N3O3/c1-3-19-13(18)16-5-4-10-9(8-16)6-15-7-11(10)12(17)14-2/h6-7H,3-5,8H2,1-2H3,(H,14,17). The SMILES string of the molecule is CCOC(=O)N1CCc2c(cncc2C(=O)NC)C1. The van der Waals surface area contributed by atoms with Crippen LogP contribution in [0.5, 0.6) is 0 Å². The van der Waals surface area contributed by atoms with Gasteiger partial charge in [-0.05, 0) is 24.5 Å². The van der Waals surface area contributed by atoms with E-state index in [4.69, 9.17) is 4.74 Å². The maximum absolute atomic E-state index is 11.7. The van der Waals surface area contributed by atoms with Crippen LogP contribution in [0.1, 0.15) is 28.4 Å². The Morgan fingerprint density at radius 1 is 1.47 bits per heavy atom. The number of rotatable bonds is 2. The number of carbonyl (C=O) groups is 2. The fourth-order valence-electron chi connectivity index (χ4n) is 2.19. The van der Waals surface area contributed by atoms with Crippen molar-refractivity contribution in [1.29, 1.82) is 0 Å². The van der Waals surface area contributed by atoms with Gasteiger partial charge in [0.25, 0.3) is 5.91 Å². The van der Waals surface area contributed by atoms with Crippen molar-refractivity contribution in [1.82, 2.24) is 15.2 Å². The normalized spacial score (nSPS) is 13.7. The van der Waals surface area contributed by atoms with E-state index < -0.39 is 0 Å². The Bertz CT molecular complexity index is 502. The Balaban J connectivity index is 2.23. The van der Waals surface area contributed by atoms with Gasteiger partial charge in [0.05, 0.1) is 18.7 Å². The molecule has 0 spiro atoms. The van der Waals surface area contributed by atoms with Crippen molar-refractivity contribution >= 4 is 12.0 Å². The van der Waals surface area contributed by atoms with E-state index in [2.05, 4.69) is 10.3 Å². The first-order valence-electron chi connectivity index (χ1n) is 6.27. The fourth-order valence-corrected chi connectivity index (χ4v) is 2.19. The summed E-state index contributed by atoms with van der Waals surface area (Å²) in [4.78, 5) is 29.1. The maximum atomic E-state index is 11.7. The van der Waals surface area contributed by atoms with Crippen molar-refractivity contribution in [2.24, 2.45) is 0 Å². The molecule has 2 amide bonds. The lowest BCUT2D eigenvalue weighted by Crippen LogP contribution is -2.37. The molecule has 1 aromatic heterocycles. The van der Waals surface area contributed by atoms with Gasteiger partial charge in [0.15, 0.2) is 0 Å². The highest BCUT2D eigenvalue weighted by Crippen LogP contribution is 2.22. The summed E-state index contributed by atoms with van der Waals surface area (Å²) >= 11 is 0. The lowest BCUT2D eigenvalue weighted by molar-refractivity contribution is 0.0959. The van der Waals surface area contributed by atoms with Gasteiger partial charge in [-0.1, -0.05) is 0 Å². The second-order valence-electron chi connectivity index (χ2n) is 4.27. The summed E-state index contributed by atoms with van der Waals surface area (Å²) in [6, 6.07) is 0. The Hall–Kier alpha value is -2.11. The van der Waals surface area contributed by atoms with E-state index in [0.717, 1.165) is 11.1 Å². The number of hydrogen-bond donors (Lipinski definition) is 1. The van der Waals surface area contributed by atoms with Gasteiger partial charge in [0.2, 0.25) is 0 Å². The average Bonchev–Trinajstić information content (AvgIpc) is 2.45. The van der Waals surface area contributed by atoms with Gasteiger partial charge < -0.3 is 15.0 Å². The number of ether oxygens (including phenoxy) is 1. The molecule has 0 unspecified atom stereocenters. The van der Waals surface area contributed by atoms with Crippen LogP contribution in [0.2, 0.25) is 0 Å². The molecule has 6 heteroatoms. The molecule has 1 N–H and O–H groups in total. The van der Waals surface area contributed by atoms with E-state index in [-0.39, 0.29) is 12.0 Å². The highest BCUT2D eigenvalue weighted by Gasteiger charge is 2.25. The van der Waals surface area contributed by atoms with Gasteiger partial charge >= 0.3 is 6.09 Å². The molecule has 0 atom stereocenters. The van der Waals surface area contributed by atoms with E-state index in [1.165, 1.54) is 0 Å². The number of amides is 2. The van der Waals surface area contributed by atoms with E-state index in [0.29, 0.717) is 31.7 Å². The van der Waals surface area contributed by atoms with Gasteiger partial charge in [0, 0.05) is 26.0 Å². The van der Waals surface area contributed by atoms with Gasteiger partial charge in [-0.2, -0.15) is 0 Å². The quantitative estimate of drug-likeness (QED) is 0.862. The third kappa shape index (κ3) is 2.67. The number of fused-ring (bicyclic) bond motifs is 1. The molecule has 0 radical (unpaired) electrons. The van der Waals surface area contributed by atoms with Crippen molar-refractivity contribution < 1.29 is 14.3 Å². The molecule has 1 aliphatic heterocycles. The largest absolute Gasteiger partial charge is 0.450 e. The molecule has 19 heavy (non-hydrogen) atoms. The molecule has 0 bridgehead atoms.